The van der Waals surface area contributed by atoms with Crippen molar-refractivity contribution in [2.24, 2.45) is 5.92 Å². The van der Waals surface area contributed by atoms with E-state index in [1.165, 1.54) is 0 Å². The summed E-state index contributed by atoms with van der Waals surface area (Å²) in [4.78, 5) is 20.9. The molecule has 0 saturated carbocycles. The number of allylic oxidation sites excluding steroid dienone is 1. The molecule has 1 atom stereocenters. The van der Waals surface area contributed by atoms with Crippen molar-refractivity contribution in [1.82, 2.24) is 0 Å². The molecule has 0 amide bonds. The van der Waals surface area contributed by atoms with Crippen LogP contribution in [0.25, 0.3) is 0 Å². The van der Waals surface area contributed by atoms with Crippen LogP contribution in [-0.4, -0.2) is 22.2 Å². The van der Waals surface area contributed by atoms with Crippen molar-refractivity contribution in [3.05, 3.63) is 23.8 Å². The maximum Gasteiger partial charge on any atom is 0.335 e. The Labute approximate surface area is 88.9 Å². The van der Waals surface area contributed by atoms with Crippen molar-refractivity contribution in [2.45, 2.75) is 26.7 Å². The highest BCUT2D eigenvalue weighted by atomic mass is 16.4. The van der Waals surface area contributed by atoms with E-state index < -0.39 is 11.9 Å². The lowest BCUT2D eigenvalue weighted by atomic mass is 10.0. The predicted molar refractivity (Wildman–Crippen MR) is 56.6 cm³/mol. The van der Waals surface area contributed by atoms with E-state index in [9.17, 15) is 9.59 Å². The van der Waals surface area contributed by atoms with E-state index in [1.54, 1.807) is 6.08 Å². The Kier molecular flexibility index (Phi) is 6.09. The molecular weight excluding hydrogens is 196 g/mol. The third-order valence-corrected chi connectivity index (χ3v) is 2.09. The molecule has 0 aliphatic carbocycles. The molecular formula is C11H16O4. The predicted octanol–water partition coefficient (Wildman–Crippen LogP) is 2.07. The Balaban J connectivity index is 4.52. The molecule has 0 bridgehead atoms. The van der Waals surface area contributed by atoms with Crippen LogP contribution in [0, 0.1) is 5.92 Å². The van der Waals surface area contributed by atoms with Crippen molar-refractivity contribution in [3.63, 3.8) is 0 Å². The summed E-state index contributed by atoms with van der Waals surface area (Å²) in [5.74, 6) is -1.85. The molecule has 0 radical (unpaired) electrons. The van der Waals surface area contributed by atoms with Gasteiger partial charge < -0.3 is 10.2 Å². The number of carboxylic acids is 2. The highest BCUT2D eigenvalue weighted by molar-refractivity contribution is 5.92. The number of hydrogen-bond acceptors (Lipinski definition) is 2. The second kappa shape index (κ2) is 6.81. The average molecular weight is 212 g/mol. The Morgan fingerprint density at radius 2 is 1.87 bits per heavy atom. The molecule has 0 saturated heterocycles. The summed E-state index contributed by atoms with van der Waals surface area (Å²) in [5.41, 5.74) is 0.0256. The molecule has 84 valence electrons. The molecule has 15 heavy (non-hydrogen) atoms. The molecule has 4 nitrogen and oxygen atoms in total. The van der Waals surface area contributed by atoms with Crippen LogP contribution in [0.5, 0.6) is 0 Å². The fourth-order valence-electron chi connectivity index (χ4n) is 0.883. The van der Waals surface area contributed by atoms with Crippen LogP contribution in [-0.2, 0) is 9.59 Å². The lowest BCUT2D eigenvalue weighted by molar-refractivity contribution is -0.132. The minimum Gasteiger partial charge on any atom is -0.478 e. The summed E-state index contributed by atoms with van der Waals surface area (Å²) in [6.45, 7) is 4.03. The Hall–Kier alpha value is -1.58. The van der Waals surface area contributed by atoms with Crippen molar-refractivity contribution in [1.29, 1.82) is 0 Å². The van der Waals surface area contributed by atoms with E-state index in [-0.39, 0.29) is 5.57 Å². The summed E-state index contributed by atoms with van der Waals surface area (Å²) in [6.07, 6.45) is 5.09. The molecule has 4 heteroatoms. The van der Waals surface area contributed by atoms with Crippen LogP contribution in [0.3, 0.4) is 0 Å². The van der Waals surface area contributed by atoms with Gasteiger partial charge in [0.2, 0.25) is 0 Å². The zero-order valence-electron chi connectivity index (χ0n) is 8.93. The minimum absolute atomic E-state index is 0.0256. The molecule has 0 aliphatic heterocycles. The zero-order valence-corrected chi connectivity index (χ0v) is 8.93. The third kappa shape index (κ3) is 6.49. The zero-order chi connectivity index (χ0) is 11.8. The van der Waals surface area contributed by atoms with E-state index in [4.69, 9.17) is 10.2 Å². The molecule has 0 fully saturated rings. The maximum absolute atomic E-state index is 10.7. The van der Waals surface area contributed by atoms with Gasteiger partial charge in [0.1, 0.15) is 0 Å². The molecule has 0 aliphatic rings. The van der Waals surface area contributed by atoms with Crippen LogP contribution in [0.15, 0.2) is 23.8 Å². The smallest absolute Gasteiger partial charge is 0.335 e. The summed E-state index contributed by atoms with van der Waals surface area (Å²) in [6, 6.07) is 0. The summed E-state index contributed by atoms with van der Waals surface area (Å²) in [7, 11) is 0. The van der Waals surface area contributed by atoms with E-state index in [2.05, 4.69) is 0 Å². The van der Waals surface area contributed by atoms with Crippen molar-refractivity contribution >= 4 is 11.9 Å². The van der Waals surface area contributed by atoms with Crippen LogP contribution < -0.4 is 0 Å². The molecule has 0 heterocycles. The molecule has 1 unspecified atom stereocenters. The molecule has 0 aromatic rings. The lowest BCUT2D eigenvalue weighted by Gasteiger charge is -2.03. The maximum atomic E-state index is 10.7. The van der Waals surface area contributed by atoms with Crippen LogP contribution in [0.1, 0.15) is 26.7 Å². The first kappa shape index (κ1) is 13.4. The van der Waals surface area contributed by atoms with Crippen LogP contribution >= 0.6 is 0 Å². The molecule has 0 rings (SSSR count). The highest BCUT2D eigenvalue weighted by Gasteiger charge is 2.04. The summed E-state index contributed by atoms with van der Waals surface area (Å²) >= 11 is 0. The molecule has 0 spiro atoms. The molecule has 0 aromatic carbocycles. The summed E-state index contributed by atoms with van der Waals surface area (Å²) in [5, 5.41) is 17.1. The summed E-state index contributed by atoms with van der Waals surface area (Å²) < 4.78 is 0. The van der Waals surface area contributed by atoms with Crippen molar-refractivity contribution < 1.29 is 19.8 Å². The Morgan fingerprint density at radius 1 is 1.27 bits per heavy atom. The van der Waals surface area contributed by atoms with E-state index in [0.29, 0.717) is 12.3 Å². The first-order chi connectivity index (χ1) is 6.97. The van der Waals surface area contributed by atoms with Gasteiger partial charge in [-0.05, 0) is 18.4 Å². The number of carboxylic acid groups (broad SMARTS) is 2. The number of rotatable bonds is 6. The Morgan fingerprint density at radius 3 is 2.27 bits per heavy atom. The molecule has 2 N–H and O–H groups in total. The number of hydrogen-bond donors (Lipinski definition) is 2. The van der Waals surface area contributed by atoms with Crippen molar-refractivity contribution in [2.75, 3.05) is 0 Å². The van der Waals surface area contributed by atoms with Crippen LogP contribution in [0.4, 0.5) is 0 Å². The van der Waals surface area contributed by atoms with E-state index in [0.717, 1.165) is 18.6 Å². The van der Waals surface area contributed by atoms with Crippen molar-refractivity contribution in [3.8, 4) is 0 Å². The lowest BCUT2D eigenvalue weighted by Crippen LogP contribution is -2.00. The van der Waals surface area contributed by atoms with Gasteiger partial charge in [-0.1, -0.05) is 26.3 Å². The van der Waals surface area contributed by atoms with Gasteiger partial charge in [0, 0.05) is 6.08 Å². The SMILES string of the molecule is CCC(C)CC=C(C=CC(=O)O)C(=O)O. The second-order valence-electron chi connectivity index (χ2n) is 3.39. The second-order valence-corrected chi connectivity index (χ2v) is 3.39. The quantitative estimate of drug-likeness (QED) is 0.522. The van der Waals surface area contributed by atoms with Crippen LogP contribution in [0.2, 0.25) is 0 Å². The van der Waals surface area contributed by atoms with Gasteiger partial charge in [-0.3, -0.25) is 0 Å². The van der Waals surface area contributed by atoms with E-state index in [1.807, 2.05) is 13.8 Å². The standard InChI is InChI=1S/C11H16O4/c1-3-8(2)4-5-9(11(14)15)6-7-10(12)13/h5-8H,3-4H2,1-2H3,(H,12,13)(H,14,15). The minimum atomic E-state index is -1.15. The van der Waals surface area contributed by atoms with Gasteiger partial charge in [-0.25, -0.2) is 9.59 Å². The van der Waals surface area contributed by atoms with Gasteiger partial charge in [0.05, 0.1) is 5.57 Å². The fourth-order valence-corrected chi connectivity index (χ4v) is 0.883. The van der Waals surface area contributed by atoms with Gasteiger partial charge >= 0.3 is 11.9 Å². The van der Waals surface area contributed by atoms with Gasteiger partial charge in [-0.15, -0.1) is 0 Å². The monoisotopic (exact) mass is 212 g/mol. The number of aliphatic carboxylic acids is 2. The molecule has 0 aromatic heterocycles. The highest BCUT2D eigenvalue weighted by Crippen LogP contribution is 2.10. The van der Waals surface area contributed by atoms with Gasteiger partial charge in [-0.2, -0.15) is 0 Å². The third-order valence-electron chi connectivity index (χ3n) is 2.09. The van der Waals surface area contributed by atoms with Gasteiger partial charge in [0.25, 0.3) is 0 Å². The van der Waals surface area contributed by atoms with Gasteiger partial charge in [0.15, 0.2) is 0 Å². The van der Waals surface area contributed by atoms with E-state index >= 15 is 0 Å². The normalized spacial score (nSPS) is 14.1. The average Bonchev–Trinajstić information content (AvgIpc) is 2.16. The Bertz CT molecular complexity index is 289. The first-order valence-corrected chi connectivity index (χ1v) is 4.81. The fraction of sp³-hybridized carbons (Fsp3) is 0.455. The number of carbonyl (C=O) groups is 2. The topological polar surface area (TPSA) is 74.6 Å². The first-order valence-electron chi connectivity index (χ1n) is 4.81. The largest absolute Gasteiger partial charge is 0.478 e.